The third-order valence-corrected chi connectivity index (χ3v) is 4.41. The van der Waals surface area contributed by atoms with E-state index in [4.69, 9.17) is 0 Å². The average Bonchev–Trinajstić information content (AvgIpc) is 2.60. The van der Waals surface area contributed by atoms with Crippen LogP contribution in [-0.4, -0.2) is 29.2 Å². The van der Waals surface area contributed by atoms with Crippen LogP contribution in [0.3, 0.4) is 0 Å². The fourth-order valence-corrected chi connectivity index (χ4v) is 3.32. The maximum Gasteiger partial charge on any atom is 0.230 e. The van der Waals surface area contributed by atoms with Gasteiger partial charge in [-0.25, -0.2) is 0 Å². The standard InChI is InChI=1S/C13H21NO2/c1-3-10-4-5-12(9(10)2)14-7-6-11(15)8-13(14)16/h9-10,12H,3-8H2,1-2H3. The number of carbonyl (C=O) groups excluding carboxylic acids is 2. The summed E-state index contributed by atoms with van der Waals surface area (Å²) in [5, 5.41) is 0. The van der Waals surface area contributed by atoms with Crippen LogP contribution in [0.25, 0.3) is 0 Å². The third-order valence-electron chi connectivity index (χ3n) is 4.41. The molecule has 2 aliphatic rings. The number of likely N-dealkylation sites (tertiary alicyclic amines) is 1. The van der Waals surface area contributed by atoms with Crippen molar-refractivity contribution in [2.24, 2.45) is 11.8 Å². The molecule has 1 amide bonds. The number of hydrogen-bond acceptors (Lipinski definition) is 2. The predicted octanol–water partition coefficient (Wildman–Crippen LogP) is 2.00. The molecule has 0 bridgehead atoms. The van der Waals surface area contributed by atoms with Crippen LogP contribution in [0, 0.1) is 11.8 Å². The van der Waals surface area contributed by atoms with Gasteiger partial charge < -0.3 is 4.90 Å². The Morgan fingerprint density at radius 3 is 2.62 bits per heavy atom. The molecule has 1 aliphatic carbocycles. The zero-order valence-corrected chi connectivity index (χ0v) is 10.2. The number of amides is 1. The molecule has 1 saturated heterocycles. The van der Waals surface area contributed by atoms with E-state index in [1.807, 2.05) is 4.90 Å². The first-order valence-corrected chi connectivity index (χ1v) is 6.44. The van der Waals surface area contributed by atoms with Gasteiger partial charge in [0.1, 0.15) is 5.78 Å². The van der Waals surface area contributed by atoms with Gasteiger partial charge in [0.2, 0.25) is 5.91 Å². The highest BCUT2D eigenvalue weighted by Gasteiger charge is 2.39. The maximum absolute atomic E-state index is 11.8. The minimum atomic E-state index is 0.0600. The number of hydrogen-bond donors (Lipinski definition) is 0. The molecule has 2 rings (SSSR count). The Hall–Kier alpha value is -0.860. The molecule has 0 aromatic rings. The highest BCUT2D eigenvalue weighted by molar-refractivity contribution is 6.00. The Bertz CT molecular complexity index is 300. The molecule has 16 heavy (non-hydrogen) atoms. The SMILES string of the molecule is CCC1CCC(N2CCC(=O)CC2=O)C1C. The van der Waals surface area contributed by atoms with Crippen LogP contribution in [0.15, 0.2) is 0 Å². The summed E-state index contributed by atoms with van der Waals surface area (Å²) in [7, 11) is 0. The van der Waals surface area contributed by atoms with Crippen molar-refractivity contribution in [1.82, 2.24) is 4.90 Å². The normalized spacial score (nSPS) is 35.9. The summed E-state index contributed by atoms with van der Waals surface area (Å²) in [5.41, 5.74) is 0. The Morgan fingerprint density at radius 1 is 1.31 bits per heavy atom. The second-order valence-corrected chi connectivity index (χ2v) is 5.22. The van der Waals surface area contributed by atoms with Crippen molar-refractivity contribution >= 4 is 11.7 Å². The number of ketones is 1. The molecular formula is C13H21NO2. The number of carbonyl (C=O) groups is 2. The topological polar surface area (TPSA) is 37.4 Å². The summed E-state index contributed by atoms with van der Waals surface area (Å²) in [4.78, 5) is 25.0. The summed E-state index contributed by atoms with van der Waals surface area (Å²) in [6, 6.07) is 0.394. The van der Waals surface area contributed by atoms with Crippen LogP contribution < -0.4 is 0 Å². The van der Waals surface area contributed by atoms with E-state index in [0.717, 1.165) is 12.3 Å². The first-order chi connectivity index (χ1) is 7.63. The molecule has 3 atom stereocenters. The van der Waals surface area contributed by atoms with Gasteiger partial charge in [0.15, 0.2) is 0 Å². The van der Waals surface area contributed by atoms with Crippen LogP contribution in [-0.2, 0) is 9.59 Å². The Kier molecular flexibility index (Phi) is 3.31. The van der Waals surface area contributed by atoms with E-state index >= 15 is 0 Å². The lowest BCUT2D eigenvalue weighted by Crippen LogP contribution is -2.47. The molecule has 1 heterocycles. The van der Waals surface area contributed by atoms with Gasteiger partial charge in [-0.2, -0.15) is 0 Å². The van der Waals surface area contributed by atoms with E-state index in [1.54, 1.807) is 0 Å². The third kappa shape index (κ3) is 2.00. The number of nitrogens with zero attached hydrogens (tertiary/aromatic N) is 1. The van der Waals surface area contributed by atoms with Crippen LogP contribution in [0.1, 0.15) is 46.0 Å². The van der Waals surface area contributed by atoms with Crippen molar-refractivity contribution in [1.29, 1.82) is 0 Å². The molecule has 3 heteroatoms. The van der Waals surface area contributed by atoms with Crippen LogP contribution in [0.2, 0.25) is 0 Å². The van der Waals surface area contributed by atoms with Gasteiger partial charge in [-0.05, 0) is 24.7 Å². The fraction of sp³-hybridized carbons (Fsp3) is 0.846. The number of piperidine rings is 1. The van der Waals surface area contributed by atoms with Crippen LogP contribution in [0.4, 0.5) is 0 Å². The zero-order chi connectivity index (χ0) is 11.7. The molecule has 1 aliphatic heterocycles. The van der Waals surface area contributed by atoms with E-state index in [2.05, 4.69) is 13.8 Å². The van der Waals surface area contributed by atoms with E-state index < -0.39 is 0 Å². The lowest BCUT2D eigenvalue weighted by molar-refractivity contribution is -0.142. The summed E-state index contributed by atoms with van der Waals surface area (Å²) >= 11 is 0. The molecule has 90 valence electrons. The molecule has 0 aromatic heterocycles. The van der Waals surface area contributed by atoms with Crippen molar-refractivity contribution in [3.05, 3.63) is 0 Å². The molecule has 0 N–H and O–H groups in total. The van der Waals surface area contributed by atoms with Gasteiger partial charge >= 0.3 is 0 Å². The van der Waals surface area contributed by atoms with E-state index in [0.29, 0.717) is 24.9 Å². The predicted molar refractivity (Wildman–Crippen MR) is 61.9 cm³/mol. The smallest absolute Gasteiger partial charge is 0.230 e. The van der Waals surface area contributed by atoms with Gasteiger partial charge in [-0.15, -0.1) is 0 Å². The largest absolute Gasteiger partial charge is 0.339 e. The molecular weight excluding hydrogens is 202 g/mol. The number of rotatable bonds is 2. The van der Waals surface area contributed by atoms with Crippen LogP contribution in [0.5, 0.6) is 0 Å². The monoisotopic (exact) mass is 223 g/mol. The van der Waals surface area contributed by atoms with Crippen molar-refractivity contribution in [2.75, 3.05) is 6.54 Å². The van der Waals surface area contributed by atoms with Crippen molar-refractivity contribution < 1.29 is 9.59 Å². The highest BCUT2D eigenvalue weighted by Crippen LogP contribution is 2.37. The average molecular weight is 223 g/mol. The van der Waals surface area contributed by atoms with Gasteiger partial charge in [0.05, 0.1) is 6.42 Å². The van der Waals surface area contributed by atoms with Gasteiger partial charge in [0.25, 0.3) is 0 Å². The lowest BCUT2D eigenvalue weighted by Gasteiger charge is -2.35. The molecule has 0 radical (unpaired) electrons. The Labute approximate surface area is 97.2 Å². The second-order valence-electron chi connectivity index (χ2n) is 5.22. The van der Waals surface area contributed by atoms with Crippen LogP contribution >= 0.6 is 0 Å². The van der Waals surface area contributed by atoms with Crippen molar-refractivity contribution in [2.45, 2.75) is 52.0 Å². The van der Waals surface area contributed by atoms with Gasteiger partial charge in [-0.1, -0.05) is 20.3 Å². The van der Waals surface area contributed by atoms with Crippen molar-refractivity contribution in [3.8, 4) is 0 Å². The minimum absolute atomic E-state index is 0.0600. The Morgan fingerprint density at radius 2 is 2.06 bits per heavy atom. The zero-order valence-electron chi connectivity index (χ0n) is 10.2. The Balaban J connectivity index is 2.03. The maximum atomic E-state index is 11.8. The second kappa shape index (κ2) is 4.56. The van der Waals surface area contributed by atoms with Gasteiger partial charge in [-0.3, -0.25) is 9.59 Å². The summed E-state index contributed by atoms with van der Waals surface area (Å²) < 4.78 is 0. The fourth-order valence-electron chi connectivity index (χ4n) is 3.32. The van der Waals surface area contributed by atoms with E-state index in [1.165, 1.54) is 12.8 Å². The first-order valence-electron chi connectivity index (χ1n) is 6.44. The molecule has 3 nitrogen and oxygen atoms in total. The molecule has 1 saturated carbocycles. The van der Waals surface area contributed by atoms with Crippen molar-refractivity contribution in [3.63, 3.8) is 0 Å². The van der Waals surface area contributed by atoms with E-state index in [9.17, 15) is 9.59 Å². The molecule has 0 aromatic carbocycles. The summed E-state index contributed by atoms with van der Waals surface area (Å²) in [6.45, 7) is 5.14. The summed E-state index contributed by atoms with van der Waals surface area (Å²) in [5.74, 6) is 1.53. The first kappa shape index (κ1) is 11.6. The number of Topliss-reactive ketones (excluding diaryl/α,β-unsaturated/α-hetero) is 1. The van der Waals surface area contributed by atoms with Gasteiger partial charge in [0, 0.05) is 19.0 Å². The van der Waals surface area contributed by atoms with E-state index in [-0.39, 0.29) is 18.1 Å². The molecule has 0 spiro atoms. The molecule has 3 unspecified atom stereocenters. The quantitative estimate of drug-likeness (QED) is 0.671. The summed E-state index contributed by atoms with van der Waals surface area (Å²) in [6.07, 6.45) is 4.27. The minimum Gasteiger partial charge on any atom is -0.339 e. The lowest BCUT2D eigenvalue weighted by atomic mass is 9.92. The highest BCUT2D eigenvalue weighted by atomic mass is 16.2. The molecule has 2 fully saturated rings.